The van der Waals surface area contributed by atoms with Gasteiger partial charge in [0, 0.05) is 92.9 Å². The van der Waals surface area contributed by atoms with E-state index >= 15 is 0 Å². The summed E-state index contributed by atoms with van der Waals surface area (Å²) in [7, 11) is -3.73. The van der Waals surface area contributed by atoms with Crippen LogP contribution in [0.25, 0.3) is 0 Å². The van der Waals surface area contributed by atoms with Crippen LogP contribution in [0.15, 0.2) is 77.8 Å². The number of rotatable bonds is 23. The Kier molecular flexibility index (Phi) is 18.0. The number of piperazine rings is 1. The monoisotopic (exact) mass is 1040 g/mol. The second-order valence-corrected chi connectivity index (χ2v) is 21.2. The zero-order valence-electron chi connectivity index (χ0n) is 42.3. The molecule has 394 valence electrons. The van der Waals surface area contributed by atoms with Gasteiger partial charge < -0.3 is 35.8 Å². The zero-order valence-corrected chi connectivity index (χ0v) is 43.1. The first kappa shape index (κ1) is 54.3. The van der Waals surface area contributed by atoms with Crippen molar-refractivity contribution >= 4 is 80.2 Å². The highest BCUT2D eigenvalue weighted by Gasteiger charge is 2.46. The van der Waals surface area contributed by atoms with Crippen LogP contribution in [-0.4, -0.2) is 127 Å². The number of ether oxygens (including phenoxy) is 1. The molecule has 4 aromatic rings. The third kappa shape index (κ3) is 14.6. The van der Waals surface area contributed by atoms with Gasteiger partial charge in [0.1, 0.15) is 17.6 Å². The van der Waals surface area contributed by atoms with Gasteiger partial charge in [-0.15, -0.1) is 0 Å². The maximum atomic E-state index is 13.2. The van der Waals surface area contributed by atoms with Crippen LogP contribution in [0.5, 0.6) is 5.75 Å². The minimum atomic E-state index is -3.73. The zero-order chi connectivity index (χ0) is 53.0. The lowest BCUT2D eigenvalue weighted by molar-refractivity contribution is -0.136. The molecular weight excluding hydrogens is 971 g/mol. The van der Waals surface area contributed by atoms with E-state index in [9.17, 15) is 42.0 Å². The maximum Gasteiger partial charge on any atom is 0.266 e. The Morgan fingerprint density at radius 2 is 1.46 bits per heavy atom. The summed E-state index contributed by atoms with van der Waals surface area (Å²) in [6.07, 6.45) is 7.33. The summed E-state index contributed by atoms with van der Waals surface area (Å²) in [5.41, 5.74) is 2.55. The average molecular weight is 1040 g/mol. The Hall–Kier alpha value is -7.46. The highest BCUT2D eigenvalue weighted by molar-refractivity contribution is 7.89. The minimum absolute atomic E-state index is 0.00786. The number of aromatic nitrogens is 2. The van der Waals surface area contributed by atoms with Gasteiger partial charge in [-0.25, -0.2) is 18.1 Å². The number of carbonyl (C=O) groups excluding carboxylic acids is 7. The number of fused-ring (bicyclic) bond motifs is 1. The normalized spacial score (nSPS) is 15.9. The van der Waals surface area contributed by atoms with Crippen LogP contribution in [-0.2, 0) is 34.0 Å². The molecule has 3 aliphatic heterocycles. The van der Waals surface area contributed by atoms with Gasteiger partial charge >= 0.3 is 0 Å². The predicted octanol–water partition coefficient (Wildman–Crippen LogP) is 4.83. The number of anilines is 5. The minimum Gasteiger partial charge on any atom is -0.483 e. The van der Waals surface area contributed by atoms with Gasteiger partial charge in [0.15, 0.2) is 6.61 Å². The highest BCUT2D eigenvalue weighted by Crippen LogP contribution is 2.34. The number of unbranched alkanes of at least 4 members (excludes halogenated alkanes) is 5. The summed E-state index contributed by atoms with van der Waals surface area (Å²) in [6, 6.07) is 17.8. The summed E-state index contributed by atoms with van der Waals surface area (Å²) in [6.45, 7) is 10.2. The molecule has 0 bridgehead atoms. The molecule has 7 amide bonds. The lowest BCUT2D eigenvalue weighted by Gasteiger charge is -2.36. The Morgan fingerprint density at radius 1 is 0.784 bits per heavy atom. The Morgan fingerprint density at radius 3 is 2.15 bits per heavy atom. The number of carbonyl (C=O) groups is 7. The van der Waals surface area contributed by atoms with Crippen LogP contribution < -0.4 is 40.9 Å². The number of imide groups is 2. The SMILES string of the molecule is Cc1cnc(Nc2ccc(N3CCN(C(=O)CCC(=O)NCCCCCCCCNC(=O)COc4cccc5c4C(=O)N(C4CCC(=O)NC4=O)C5=O)CC3)cc2)nc1Nc1cccc(S(=O)(=O)NC(C)(C)C)c1. The first-order valence-corrected chi connectivity index (χ1v) is 26.5. The largest absolute Gasteiger partial charge is 0.483 e. The van der Waals surface area contributed by atoms with Crippen LogP contribution in [0.3, 0.4) is 0 Å². The molecule has 4 heterocycles. The van der Waals surface area contributed by atoms with Crippen LogP contribution in [0.2, 0.25) is 0 Å². The van der Waals surface area contributed by atoms with Crippen molar-refractivity contribution in [3.8, 4) is 5.75 Å². The van der Waals surface area contributed by atoms with Crippen molar-refractivity contribution in [2.75, 3.05) is 61.4 Å². The first-order valence-electron chi connectivity index (χ1n) is 25.0. The topological polar surface area (TPSA) is 271 Å². The summed E-state index contributed by atoms with van der Waals surface area (Å²) in [5, 5.41) is 14.3. The molecule has 0 aliphatic carbocycles. The smallest absolute Gasteiger partial charge is 0.266 e. The number of hydrogen-bond acceptors (Lipinski definition) is 15. The molecule has 1 aromatic heterocycles. The Bertz CT molecular complexity index is 2850. The standard InChI is InChI=1S/C52H65N11O10S/c1-34-32-55-51(59-47(34)56-36-13-11-14-38(31-36)74(71,72)60-52(2,3)4)57-35-17-19-37(20-18-35)61-27-29-62(30-28-61)45(67)24-23-42(64)53-25-9-7-5-6-8-10-26-54-44(66)33-73-41-16-12-15-39-46(41)50(70)63(49(39)69)40-21-22-43(65)58-48(40)68/h11-20,31-32,40,60H,5-10,21-30,33H2,1-4H3,(H,53,64)(H,54,66)(H,58,65,68)(H2,55,56,57,59). The molecule has 2 fully saturated rings. The number of benzene rings is 3. The fourth-order valence-electron chi connectivity index (χ4n) is 8.75. The van der Waals surface area contributed by atoms with Gasteiger partial charge in [0.25, 0.3) is 17.7 Å². The van der Waals surface area contributed by atoms with E-state index in [1.54, 1.807) is 56.1 Å². The van der Waals surface area contributed by atoms with Gasteiger partial charge in [0.05, 0.1) is 16.0 Å². The number of sulfonamides is 1. The second kappa shape index (κ2) is 24.5. The van der Waals surface area contributed by atoms with Crippen molar-refractivity contribution in [2.24, 2.45) is 0 Å². The lowest BCUT2D eigenvalue weighted by atomic mass is 10.0. The van der Waals surface area contributed by atoms with Crippen molar-refractivity contribution in [2.45, 2.75) is 108 Å². The van der Waals surface area contributed by atoms with Gasteiger partial charge in [-0.1, -0.05) is 37.8 Å². The van der Waals surface area contributed by atoms with Crippen molar-refractivity contribution in [1.29, 1.82) is 0 Å². The fourth-order valence-corrected chi connectivity index (χ4v) is 10.2. The van der Waals surface area contributed by atoms with Gasteiger partial charge in [0.2, 0.25) is 39.6 Å². The highest BCUT2D eigenvalue weighted by atomic mass is 32.2. The molecule has 3 aromatic carbocycles. The summed E-state index contributed by atoms with van der Waals surface area (Å²) < 4.78 is 34.1. The first-order chi connectivity index (χ1) is 35.3. The molecule has 2 saturated heterocycles. The van der Waals surface area contributed by atoms with Gasteiger partial charge in [-0.3, -0.25) is 43.8 Å². The molecule has 0 radical (unpaired) electrons. The molecule has 1 atom stereocenters. The number of hydrogen-bond donors (Lipinski definition) is 6. The van der Waals surface area contributed by atoms with Crippen molar-refractivity contribution in [1.82, 2.24) is 40.4 Å². The van der Waals surface area contributed by atoms with Crippen molar-refractivity contribution in [3.63, 3.8) is 0 Å². The molecule has 74 heavy (non-hydrogen) atoms. The third-order valence-corrected chi connectivity index (χ3v) is 14.3. The van der Waals surface area contributed by atoms with E-state index < -0.39 is 45.2 Å². The second-order valence-electron chi connectivity index (χ2n) is 19.5. The number of piperidine rings is 1. The summed E-state index contributed by atoms with van der Waals surface area (Å²) in [4.78, 5) is 102. The molecular formula is C52H65N11O10S. The molecule has 22 heteroatoms. The Balaban J connectivity index is 0.717. The lowest BCUT2D eigenvalue weighted by Crippen LogP contribution is -2.54. The van der Waals surface area contributed by atoms with E-state index in [2.05, 4.69) is 46.2 Å². The third-order valence-electron chi connectivity index (χ3n) is 12.5. The van der Waals surface area contributed by atoms with Gasteiger partial charge in [-0.2, -0.15) is 4.98 Å². The van der Waals surface area contributed by atoms with Crippen LogP contribution in [0, 0.1) is 6.92 Å². The van der Waals surface area contributed by atoms with E-state index in [4.69, 9.17) is 4.74 Å². The van der Waals surface area contributed by atoms with E-state index in [0.717, 1.165) is 60.4 Å². The van der Waals surface area contributed by atoms with Crippen molar-refractivity contribution < 1.29 is 46.7 Å². The van der Waals surface area contributed by atoms with E-state index in [0.29, 0.717) is 56.7 Å². The quantitative estimate of drug-likeness (QED) is 0.0429. The maximum absolute atomic E-state index is 13.2. The van der Waals surface area contributed by atoms with Crippen molar-refractivity contribution in [3.05, 3.63) is 89.6 Å². The fraction of sp³-hybridized carbons (Fsp3) is 0.442. The molecule has 3 aliphatic rings. The van der Waals surface area contributed by atoms with Crippen LogP contribution >= 0.6 is 0 Å². The molecule has 7 rings (SSSR count). The molecule has 1 unspecified atom stereocenters. The summed E-state index contributed by atoms with van der Waals surface area (Å²) in [5.74, 6) is -2.15. The van der Waals surface area contributed by atoms with E-state index in [1.165, 1.54) is 18.2 Å². The molecule has 6 N–H and O–H groups in total. The Labute approximate surface area is 431 Å². The average Bonchev–Trinajstić information content (AvgIpc) is 3.62. The number of amides is 7. The van der Waals surface area contributed by atoms with Crippen LogP contribution in [0.1, 0.15) is 111 Å². The van der Waals surface area contributed by atoms with E-state index in [1.807, 2.05) is 31.2 Å². The molecule has 21 nitrogen and oxygen atoms in total. The number of nitrogens with zero attached hydrogens (tertiary/aromatic N) is 5. The summed E-state index contributed by atoms with van der Waals surface area (Å²) >= 11 is 0. The molecule has 0 saturated carbocycles. The van der Waals surface area contributed by atoms with Gasteiger partial charge in [-0.05, 0) is 102 Å². The molecule has 0 spiro atoms. The predicted molar refractivity (Wildman–Crippen MR) is 277 cm³/mol. The van der Waals surface area contributed by atoms with E-state index in [-0.39, 0.29) is 71.8 Å². The number of nitrogens with one attached hydrogen (secondary N) is 6. The number of aryl methyl sites for hydroxylation is 1. The van der Waals surface area contributed by atoms with Crippen LogP contribution in [0.4, 0.5) is 28.8 Å².